The minimum absolute atomic E-state index is 0.117. The molecule has 1 atom stereocenters. The Hall–Kier alpha value is -1.90. The van der Waals surface area contributed by atoms with Crippen LogP contribution in [0.1, 0.15) is 18.7 Å². The Morgan fingerprint density at radius 3 is 3.05 bits per heavy atom. The van der Waals surface area contributed by atoms with Gasteiger partial charge in [-0.2, -0.15) is 5.10 Å². The van der Waals surface area contributed by atoms with Gasteiger partial charge in [-0.05, 0) is 19.8 Å². The Morgan fingerprint density at radius 1 is 1.50 bits per heavy atom. The standard InChI is InChI=1S/C11H15N5O3S/c1-7-12-9(5-10-14-15-11(17)16(7)10)13-8-3-2-4-20(18,19)6-8/h5,8,13H,2-4,6H2,1H3,(H,15,17). The molecule has 2 aromatic rings. The highest BCUT2D eigenvalue weighted by Gasteiger charge is 2.25. The Morgan fingerprint density at radius 2 is 2.30 bits per heavy atom. The third-order valence-corrected chi connectivity index (χ3v) is 5.21. The first-order valence-electron chi connectivity index (χ1n) is 6.36. The number of fused-ring (bicyclic) bond motifs is 1. The van der Waals surface area contributed by atoms with Crippen LogP contribution in [-0.4, -0.2) is 45.5 Å². The summed E-state index contributed by atoms with van der Waals surface area (Å²) in [5, 5.41) is 9.36. The van der Waals surface area contributed by atoms with Crippen LogP contribution in [0.4, 0.5) is 5.82 Å². The maximum absolute atomic E-state index is 11.6. The molecule has 3 rings (SSSR count). The molecule has 1 aliphatic rings. The zero-order valence-electron chi connectivity index (χ0n) is 11.0. The van der Waals surface area contributed by atoms with Gasteiger partial charge in [-0.3, -0.25) is 0 Å². The van der Waals surface area contributed by atoms with Crippen LogP contribution >= 0.6 is 0 Å². The molecular weight excluding hydrogens is 282 g/mol. The maximum atomic E-state index is 11.6. The van der Waals surface area contributed by atoms with Gasteiger partial charge in [-0.25, -0.2) is 27.7 Å². The topological polar surface area (TPSA) is 109 Å². The molecule has 1 fully saturated rings. The molecule has 8 nitrogen and oxygen atoms in total. The van der Waals surface area contributed by atoms with E-state index >= 15 is 0 Å². The maximum Gasteiger partial charge on any atom is 0.349 e. The van der Waals surface area contributed by atoms with Gasteiger partial charge in [0, 0.05) is 12.1 Å². The zero-order valence-corrected chi connectivity index (χ0v) is 11.8. The fourth-order valence-corrected chi connectivity index (χ4v) is 4.15. The number of nitrogens with zero attached hydrogens (tertiary/aromatic N) is 3. The number of sulfone groups is 1. The van der Waals surface area contributed by atoms with E-state index in [-0.39, 0.29) is 23.2 Å². The van der Waals surface area contributed by atoms with Crippen LogP contribution in [0.5, 0.6) is 0 Å². The molecule has 20 heavy (non-hydrogen) atoms. The Labute approximate surface area is 115 Å². The molecule has 1 saturated heterocycles. The van der Waals surface area contributed by atoms with Crippen LogP contribution in [0.3, 0.4) is 0 Å². The first-order chi connectivity index (χ1) is 9.44. The van der Waals surface area contributed by atoms with E-state index in [4.69, 9.17) is 0 Å². The summed E-state index contributed by atoms with van der Waals surface area (Å²) in [6.07, 6.45) is 1.45. The van der Waals surface area contributed by atoms with Crippen LogP contribution in [-0.2, 0) is 9.84 Å². The van der Waals surface area contributed by atoms with Gasteiger partial charge in [0.05, 0.1) is 11.5 Å². The van der Waals surface area contributed by atoms with Gasteiger partial charge in [0.25, 0.3) is 0 Å². The summed E-state index contributed by atoms with van der Waals surface area (Å²) >= 11 is 0. The monoisotopic (exact) mass is 297 g/mol. The number of anilines is 1. The van der Waals surface area contributed by atoms with Crippen molar-refractivity contribution in [3.05, 3.63) is 22.4 Å². The lowest BCUT2D eigenvalue weighted by Gasteiger charge is -2.23. The average molecular weight is 297 g/mol. The van der Waals surface area contributed by atoms with Gasteiger partial charge >= 0.3 is 5.69 Å². The molecule has 0 bridgehead atoms. The molecule has 3 heterocycles. The molecule has 9 heteroatoms. The fourth-order valence-electron chi connectivity index (χ4n) is 2.52. The molecule has 0 saturated carbocycles. The van der Waals surface area contributed by atoms with Gasteiger partial charge in [0.1, 0.15) is 11.6 Å². The Balaban J connectivity index is 1.90. The Kier molecular flexibility index (Phi) is 3.00. The second-order valence-corrected chi connectivity index (χ2v) is 7.24. The van der Waals surface area contributed by atoms with Gasteiger partial charge in [0.15, 0.2) is 15.5 Å². The minimum atomic E-state index is -2.97. The second kappa shape index (κ2) is 4.58. The van der Waals surface area contributed by atoms with Gasteiger partial charge in [-0.1, -0.05) is 0 Å². The van der Waals surface area contributed by atoms with E-state index < -0.39 is 9.84 Å². The number of aryl methyl sites for hydroxylation is 1. The molecule has 0 radical (unpaired) electrons. The van der Waals surface area contributed by atoms with E-state index in [1.165, 1.54) is 4.40 Å². The summed E-state index contributed by atoms with van der Waals surface area (Å²) in [5.74, 6) is 1.41. The highest BCUT2D eigenvalue weighted by Crippen LogP contribution is 2.17. The minimum Gasteiger partial charge on any atom is -0.366 e. The van der Waals surface area contributed by atoms with Crippen molar-refractivity contribution in [1.82, 2.24) is 19.6 Å². The number of aromatic amines is 1. The summed E-state index contributed by atoms with van der Waals surface area (Å²) in [5.41, 5.74) is 0.125. The first-order valence-corrected chi connectivity index (χ1v) is 8.18. The fraction of sp³-hybridized carbons (Fsp3) is 0.545. The predicted molar refractivity (Wildman–Crippen MR) is 73.6 cm³/mol. The first kappa shape index (κ1) is 13.1. The smallest absolute Gasteiger partial charge is 0.349 e. The van der Waals surface area contributed by atoms with E-state index in [1.807, 2.05) is 0 Å². The summed E-state index contributed by atoms with van der Waals surface area (Å²) in [7, 11) is -2.97. The largest absolute Gasteiger partial charge is 0.366 e. The highest BCUT2D eigenvalue weighted by atomic mass is 32.2. The van der Waals surface area contributed by atoms with Crippen molar-refractivity contribution < 1.29 is 8.42 Å². The number of H-pyrrole nitrogens is 1. The number of aromatic nitrogens is 4. The van der Waals surface area contributed by atoms with Gasteiger partial charge < -0.3 is 5.32 Å². The van der Waals surface area contributed by atoms with Crippen LogP contribution in [0.25, 0.3) is 5.65 Å². The van der Waals surface area contributed by atoms with Crippen molar-refractivity contribution in [1.29, 1.82) is 0 Å². The number of hydrogen-bond donors (Lipinski definition) is 2. The molecule has 0 aromatic carbocycles. The van der Waals surface area contributed by atoms with Crippen molar-refractivity contribution in [2.45, 2.75) is 25.8 Å². The van der Waals surface area contributed by atoms with E-state index in [2.05, 4.69) is 20.5 Å². The lowest BCUT2D eigenvalue weighted by molar-refractivity contribution is 0.561. The molecule has 108 valence electrons. The molecule has 0 spiro atoms. The van der Waals surface area contributed by atoms with Crippen LogP contribution in [0.2, 0.25) is 0 Å². The molecule has 1 aliphatic heterocycles. The lowest BCUT2D eigenvalue weighted by Crippen LogP contribution is -2.35. The Bertz CT molecular complexity index is 807. The van der Waals surface area contributed by atoms with Crippen LogP contribution in [0, 0.1) is 6.92 Å². The molecule has 0 aliphatic carbocycles. The number of rotatable bonds is 2. The van der Waals surface area contributed by atoms with Crippen molar-refractivity contribution in [3.8, 4) is 0 Å². The van der Waals surface area contributed by atoms with Crippen molar-refractivity contribution in [2.24, 2.45) is 0 Å². The predicted octanol–water partition coefficient (Wildman–Crippen LogP) is -0.285. The number of nitrogens with one attached hydrogen (secondary N) is 2. The van der Waals surface area contributed by atoms with E-state index in [0.717, 1.165) is 6.42 Å². The molecule has 1 unspecified atom stereocenters. The highest BCUT2D eigenvalue weighted by molar-refractivity contribution is 7.91. The van der Waals surface area contributed by atoms with Crippen LogP contribution in [0.15, 0.2) is 10.9 Å². The van der Waals surface area contributed by atoms with Crippen molar-refractivity contribution in [3.63, 3.8) is 0 Å². The summed E-state index contributed by atoms with van der Waals surface area (Å²) < 4.78 is 24.6. The summed E-state index contributed by atoms with van der Waals surface area (Å²) in [6, 6.07) is 1.49. The second-order valence-electron chi connectivity index (χ2n) is 5.01. The number of hydrogen-bond acceptors (Lipinski definition) is 6. The van der Waals surface area contributed by atoms with Crippen molar-refractivity contribution >= 4 is 21.3 Å². The summed E-state index contributed by atoms with van der Waals surface area (Å²) in [6.45, 7) is 1.70. The van der Waals surface area contributed by atoms with E-state index in [0.29, 0.717) is 23.7 Å². The third kappa shape index (κ3) is 2.40. The quantitative estimate of drug-likeness (QED) is 0.788. The lowest BCUT2D eigenvalue weighted by atomic mass is 10.2. The molecule has 2 N–H and O–H groups in total. The molecule has 2 aromatic heterocycles. The van der Waals surface area contributed by atoms with Gasteiger partial charge in [-0.15, -0.1) is 0 Å². The van der Waals surface area contributed by atoms with Gasteiger partial charge in [0.2, 0.25) is 0 Å². The van der Waals surface area contributed by atoms with Crippen molar-refractivity contribution in [2.75, 3.05) is 16.8 Å². The SMILES string of the molecule is Cc1nc(NC2CCCS(=O)(=O)C2)cc2n[nH]c(=O)n12. The van der Waals surface area contributed by atoms with E-state index in [1.54, 1.807) is 13.0 Å². The molecular formula is C11H15N5O3S. The average Bonchev–Trinajstić information content (AvgIpc) is 2.70. The third-order valence-electron chi connectivity index (χ3n) is 3.39. The van der Waals surface area contributed by atoms with Crippen LogP contribution < -0.4 is 11.0 Å². The van der Waals surface area contributed by atoms with E-state index in [9.17, 15) is 13.2 Å². The zero-order chi connectivity index (χ0) is 14.3. The summed E-state index contributed by atoms with van der Waals surface area (Å²) in [4.78, 5) is 15.8. The molecule has 0 amide bonds. The normalized spacial score (nSPS) is 21.9.